The lowest BCUT2D eigenvalue weighted by atomic mass is 9.84. The summed E-state index contributed by atoms with van der Waals surface area (Å²) in [5, 5.41) is 10.2. The average Bonchev–Trinajstić information content (AvgIpc) is 3.29. The first-order chi connectivity index (χ1) is 10.3. The molecule has 0 bridgehead atoms. The Morgan fingerprint density at radius 1 is 1.23 bits per heavy atom. The van der Waals surface area contributed by atoms with Crippen molar-refractivity contribution in [2.75, 3.05) is 14.2 Å². The zero-order valence-corrected chi connectivity index (χ0v) is 13.9. The van der Waals surface area contributed by atoms with Gasteiger partial charge in [0.15, 0.2) is 0 Å². The Bertz CT molecular complexity index is 406. The van der Waals surface area contributed by atoms with E-state index in [2.05, 4.69) is 13.6 Å². The predicted molar refractivity (Wildman–Crippen MR) is 76.5 cm³/mol. The van der Waals surface area contributed by atoms with Crippen molar-refractivity contribution in [3.63, 3.8) is 0 Å². The molecule has 2 saturated carbocycles. The Morgan fingerprint density at radius 2 is 1.82 bits per heavy atom. The molecule has 8 heteroatoms. The minimum absolute atomic E-state index is 0.161. The Labute approximate surface area is 129 Å². The van der Waals surface area contributed by atoms with Gasteiger partial charge in [-0.05, 0) is 24.7 Å². The second-order valence-electron chi connectivity index (χ2n) is 6.28. The first-order valence-corrected chi connectivity index (χ1v) is 9.25. The molecule has 22 heavy (non-hydrogen) atoms. The maximum atomic E-state index is 14.0. The van der Waals surface area contributed by atoms with Gasteiger partial charge in [0.05, 0.1) is 12.0 Å². The third-order valence-corrected chi connectivity index (χ3v) is 6.11. The van der Waals surface area contributed by atoms with Crippen LogP contribution in [0.5, 0.6) is 0 Å². The smallest absolute Gasteiger partial charge is 0.393 e. The van der Waals surface area contributed by atoms with Crippen LogP contribution >= 0.6 is 7.82 Å². The quantitative estimate of drug-likeness (QED) is 0.676. The van der Waals surface area contributed by atoms with Gasteiger partial charge < -0.3 is 5.11 Å². The van der Waals surface area contributed by atoms with Gasteiger partial charge in [0.1, 0.15) is 0 Å². The Balaban J connectivity index is 1.85. The monoisotopic (exact) mass is 342 g/mol. The molecular formula is C14H25F2O5P. The van der Waals surface area contributed by atoms with Crippen LogP contribution in [-0.4, -0.2) is 31.5 Å². The van der Waals surface area contributed by atoms with Gasteiger partial charge >= 0.3 is 13.9 Å². The highest BCUT2D eigenvalue weighted by molar-refractivity contribution is 7.48. The van der Waals surface area contributed by atoms with Crippen LogP contribution < -0.4 is 0 Å². The van der Waals surface area contributed by atoms with Crippen LogP contribution in [0.3, 0.4) is 0 Å². The van der Waals surface area contributed by atoms with Gasteiger partial charge in [-0.15, -0.1) is 0 Å². The van der Waals surface area contributed by atoms with Crippen LogP contribution in [0, 0.1) is 17.8 Å². The molecule has 0 spiro atoms. The lowest BCUT2D eigenvalue weighted by molar-refractivity contribution is -0.209. The third-order valence-electron chi connectivity index (χ3n) is 4.75. The molecule has 0 aliphatic heterocycles. The number of alkyl halides is 2. The van der Waals surface area contributed by atoms with Gasteiger partial charge in [0.25, 0.3) is 0 Å². The van der Waals surface area contributed by atoms with Crippen LogP contribution in [-0.2, 0) is 18.1 Å². The van der Waals surface area contributed by atoms with E-state index in [9.17, 15) is 18.5 Å². The van der Waals surface area contributed by atoms with Crippen molar-refractivity contribution in [3.05, 3.63) is 0 Å². The van der Waals surface area contributed by atoms with Crippen LogP contribution in [0.25, 0.3) is 0 Å². The minimum Gasteiger partial charge on any atom is -0.393 e. The van der Waals surface area contributed by atoms with E-state index in [0.29, 0.717) is 12.3 Å². The number of phosphoric ester groups is 1. The fourth-order valence-electron chi connectivity index (χ4n) is 3.33. The van der Waals surface area contributed by atoms with Gasteiger partial charge in [0.2, 0.25) is 0 Å². The minimum atomic E-state index is -4.24. The Kier molecular flexibility index (Phi) is 6.00. The zero-order chi connectivity index (χ0) is 16.4. The standard InChI is InChI=1S/C14H25F2O5P/c1-19-22(18,20-2)21-14(15,16)12-9-11(12)13(17)8-10-6-4-3-5-7-10/h10-13,17H,3-9H2,1-2H3/t11-,12-,13+/m1/s1. The maximum absolute atomic E-state index is 14.0. The van der Waals surface area contributed by atoms with E-state index in [4.69, 9.17) is 0 Å². The topological polar surface area (TPSA) is 65.0 Å². The molecule has 0 saturated heterocycles. The zero-order valence-electron chi connectivity index (χ0n) is 13.0. The normalized spacial score (nSPS) is 28.6. The SMILES string of the molecule is COP(=O)(OC)OC(F)(F)[C@@H]1C[C@H]1[C@@H](O)CC1CCCCC1. The Morgan fingerprint density at radius 3 is 2.36 bits per heavy atom. The van der Waals surface area contributed by atoms with Gasteiger partial charge in [-0.1, -0.05) is 32.1 Å². The molecule has 0 aromatic heterocycles. The molecule has 3 atom stereocenters. The van der Waals surface area contributed by atoms with E-state index in [1.54, 1.807) is 0 Å². The molecule has 0 aromatic rings. The summed E-state index contributed by atoms with van der Waals surface area (Å²) in [7, 11) is -2.26. The van der Waals surface area contributed by atoms with E-state index in [1.807, 2.05) is 0 Å². The second kappa shape index (κ2) is 7.22. The van der Waals surface area contributed by atoms with E-state index < -0.39 is 31.9 Å². The number of halogens is 2. The highest BCUT2D eigenvalue weighted by Gasteiger charge is 2.61. The summed E-state index contributed by atoms with van der Waals surface area (Å²) in [6.45, 7) is 0. The maximum Gasteiger partial charge on any atom is 0.479 e. The van der Waals surface area contributed by atoms with Crippen molar-refractivity contribution >= 4 is 7.82 Å². The van der Waals surface area contributed by atoms with Gasteiger partial charge in [-0.2, -0.15) is 8.78 Å². The molecule has 0 radical (unpaired) electrons. The second-order valence-corrected chi connectivity index (χ2v) is 8.09. The highest BCUT2D eigenvalue weighted by Crippen LogP contribution is 2.60. The molecule has 1 N–H and O–H groups in total. The summed E-state index contributed by atoms with van der Waals surface area (Å²) in [5.74, 6) is -1.23. The highest BCUT2D eigenvalue weighted by atomic mass is 31.2. The number of aliphatic hydroxyl groups is 1. The molecule has 2 rings (SSSR count). The summed E-state index contributed by atoms with van der Waals surface area (Å²) in [6, 6.07) is 0. The van der Waals surface area contributed by atoms with Gasteiger partial charge in [-0.25, -0.2) is 9.09 Å². The molecule has 2 aliphatic rings. The number of phosphoric acid groups is 1. The summed E-state index contributed by atoms with van der Waals surface area (Å²) in [6.07, 6.45) is 1.97. The Hall–Kier alpha value is -0.0700. The van der Waals surface area contributed by atoms with Crippen LogP contribution in [0.1, 0.15) is 44.9 Å². The number of aliphatic hydroxyl groups excluding tert-OH is 1. The van der Waals surface area contributed by atoms with Crippen molar-refractivity contribution in [1.82, 2.24) is 0 Å². The lowest BCUT2D eigenvalue weighted by Crippen LogP contribution is -2.27. The molecule has 5 nitrogen and oxygen atoms in total. The number of hydrogen-bond donors (Lipinski definition) is 1. The van der Waals surface area contributed by atoms with E-state index >= 15 is 0 Å². The molecule has 0 unspecified atom stereocenters. The molecule has 2 fully saturated rings. The molecular weight excluding hydrogens is 317 g/mol. The first-order valence-electron chi connectivity index (χ1n) is 7.79. The van der Waals surface area contributed by atoms with E-state index in [-0.39, 0.29) is 6.42 Å². The van der Waals surface area contributed by atoms with Gasteiger partial charge in [-0.3, -0.25) is 9.05 Å². The van der Waals surface area contributed by atoms with Crippen molar-refractivity contribution in [3.8, 4) is 0 Å². The van der Waals surface area contributed by atoms with Crippen LogP contribution in [0.15, 0.2) is 0 Å². The largest absolute Gasteiger partial charge is 0.479 e. The van der Waals surface area contributed by atoms with Crippen molar-refractivity contribution in [2.45, 2.75) is 57.2 Å². The van der Waals surface area contributed by atoms with E-state index in [1.165, 1.54) is 6.42 Å². The van der Waals surface area contributed by atoms with Crippen molar-refractivity contribution in [2.24, 2.45) is 17.8 Å². The first kappa shape index (κ1) is 18.3. The molecule has 0 amide bonds. The molecule has 0 heterocycles. The molecule has 0 aromatic carbocycles. The van der Waals surface area contributed by atoms with Crippen molar-refractivity contribution < 1.29 is 32.0 Å². The third kappa shape index (κ3) is 4.48. The summed E-state index contributed by atoms with van der Waals surface area (Å²) in [4.78, 5) is 0. The number of rotatable bonds is 8. The molecule has 130 valence electrons. The fraction of sp³-hybridized carbons (Fsp3) is 1.00. The fourth-order valence-corrected chi connectivity index (χ4v) is 4.06. The summed E-state index contributed by atoms with van der Waals surface area (Å²) < 4.78 is 52.7. The van der Waals surface area contributed by atoms with Crippen LogP contribution in [0.4, 0.5) is 8.78 Å². The molecule has 2 aliphatic carbocycles. The predicted octanol–water partition coefficient (Wildman–Crippen LogP) is 3.96. The average molecular weight is 342 g/mol. The summed E-state index contributed by atoms with van der Waals surface area (Å²) in [5.41, 5.74) is 0. The summed E-state index contributed by atoms with van der Waals surface area (Å²) >= 11 is 0. The van der Waals surface area contributed by atoms with Crippen molar-refractivity contribution in [1.29, 1.82) is 0 Å². The van der Waals surface area contributed by atoms with E-state index in [0.717, 1.165) is 39.9 Å². The van der Waals surface area contributed by atoms with Gasteiger partial charge in [0, 0.05) is 14.2 Å². The van der Waals surface area contributed by atoms with Crippen LogP contribution in [0.2, 0.25) is 0 Å². The number of hydrogen-bond acceptors (Lipinski definition) is 5. The lowest BCUT2D eigenvalue weighted by Gasteiger charge is -2.25.